The van der Waals surface area contributed by atoms with E-state index in [9.17, 15) is 4.79 Å². The molecule has 5 nitrogen and oxygen atoms in total. The van der Waals surface area contributed by atoms with Gasteiger partial charge >= 0.3 is 0 Å². The molecule has 2 aromatic rings. The fourth-order valence-corrected chi connectivity index (χ4v) is 3.93. The van der Waals surface area contributed by atoms with E-state index in [2.05, 4.69) is 63.6 Å². The van der Waals surface area contributed by atoms with Gasteiger partial charge in [0.1, 0.15) is 0 Å². The summed E-state index contributed by atoms with van der Waals surface area (Å²) in [6, 6.07) is 17.1. The van der Waals surface area contributed by atoms with E-state index in [1.807, 2.05) is 0 Å². The van der Waals surface area contributed by atoms with Crippen LogP contribution in [0, 0.1) is 0 Å². The molecule has 1 N–H and O–H groups in total. The van der Waals surface area contributed by atoms with Gasteiger partial charge in [0.2, 0.25) is 5.91 Å². The fourth-order valence-electron chi connectivity index (χ4n) is 3.93. The number of benzene rings is 2. The van der Waals surface area contributed by atoms with Crippen LogP contribution in [0.1, 0.15) is 22.3 Å². The summed E-state index contributed by atoms with van der Waals surface area (Å²) in [5.74, 6) is 0.0942. The Hall–Kier alpha value is -2.21. The van der Waals surface area contributed by atoms with Crippen molar-refractivity contribution in [2.24, 2.45) is 0 Å². The Bertz CT molecular complexity index is 785. The van der Waals surface area contributed by atoms with Gasteiger partial charge in [0.05, 0.1) is 19.8 Å². The van der Waals surface area contributed by atoms with Crippen LogP contribution in [0.5, 0.6) is 0 Å². The van der Waals surface area contributed by atoms with Crippen LogP contribution in [0.3, 0.4) is 0 Å². The second kappa shape index (κ2) is 9.32. The molecule has 2 aliphatic heterocycles. The molecule has 0 unspecified atom stereocenters. The minimum absolute atomic E-state index is 0.0942. The molecule has 5 heteroatoms. The highest BCUT2D eigenvalue weighted by molar-refractivity contribution is 5.78. The molecule has 0 bridgehead atoms. The molecule has 0 saturated carbocycles. The summed E-state index contributed by atoms with van der Waals surface area (Å²) >= 11 is 0. The number of morpholine rings is 1. The lowest BCUT2D eigenvalue weighted by atomic mass is 10.00. The van der Waals surface area contributed by atoms with Gasteiger partial charge in [-0.3, -0.25) is 14.6 Å². The van der Waals surface area contributed by atoms with Gasteiger partial charge in [-0.05, 0) is 28.7 Å². The van der Waals surface area contributed by atoms with Crippen LogP contribution in [0.2, 0.25) is 0 Å². The lowest BCUT2D eigenvalue weighted by Crippen LogP contribution is -2.39. The smallest absolute Gasteiger partial charge is 0.234 e. The SMILES string of the molecule is O=C(CN1CCc2ccccc2C1)NCc1ccc(CN2CCOCC2)cc1. The summed E-state index contributed by atoms with van der Waals surface area (Å²) in [6.45, 7) is 7.47. The number of rotatable bonds is 6. The standard InChI is InChI=1S/C23H29N3O2/c27-23(18-26-10-9-21-3-1-2-4-22(21)17-26)24-15-19-5-7-20(8-6-19)16-25-11-13-28-14-12-25/h1-8H,9-18H2,(H,24,27). The summed E-state index contributed by atoms with van der Waals surface area (Å²) in [5, 5.41) is 3.06. The van der Waals surface area contributed by atoms with Crippen molar-refractivity contribution in [3.8, 4) is 0 Å². The second-order valence-corrected chi connectivity index (χ2v) is 7.71. The molecule has 148 valence electrons. The Morgan fingerprint density at radius 2 is 1.61 bits per heavy atom. The van der Waals surface area contributed by atoms with Crippen LogP contribution < -0.4 is 5.32 Å². The monoisotopic (exact) mass is 379 g/mol. The molecule has 4 rings (SSSR count). The van der Waals surface area contributed by atoms with Crippen LogP contribution in [0.25, 0.3) is 0 Å². The normalized spacial score (nSPS) is 17.9. The number of carbonyl (C=O) groups excluding carboxylic acids is 1. The van der Waals surface area contributed by atoms with E-state index in [0.29, 0.717) is 13.1 Å². The number of ether oxygens (including phenoxy) is 1. The van der Waals surface area contributed by atoms with E-state index in [1.165, 1.54) is 16.7 Å². The van der Waals surface area contributed by atoms with E-state index in [4.69, 9.17) is 4.74 Å². The highest BCUT2D eigenvalue weighted by Crippen LogP contribution is 2.18. The first-order valence-corrected chi connectivity index (χ1v) is 10.2. The molecule has 1 fully saturated rings. The van der Waals surface area contributed by atoms with Crippen molar-refractivity contribution < 1.29 is 9.53 Å². The van der Waals surface area contributed by atoms with E-state index in [0.717, 1.165) is 57.9 Å². The minimum Gasteiger partial charge on any atom is -0.379 e. The predicted octanol–water partition coefficient (Wildman–Crippen LogP) is 2.19. The highest BCUT2D eigenvalue weighted by Gasteiger charge is 2.17. The van der Waals surface area contributed by atoms with Crippen molar-refractivity contribution in [2.45, 2.75) is 26.1 Å². The number of amides is 1. The zero-order chi connectivity index (χ0) is 19.2. The van der Waals surface area contributed by atoms with Gasteiger partial charge < -0.3 is 10.1 Å². The van der Waals surface area contributed by atoms with Gasteiger partial charge in [0, 0.05) is 39.3 Å². The van der Waals surface area contributed by atoms with Crippen molar-refractivity contribution in [1.29, 1.82) is 0 Å². The van der Waals surface area contributed by atoms with E-state index >= 15 is 0 Å². The molecular formula is C23H29N3O2. The summed E-state index contributed by atoms with van der Waals surface area (Å²) < 4.78 is 5.40. The molecule has 0 aliphatic carbocycles. The Morgan fingerprint density at radius 3 is 2.39 bits per heavy atom. The van der Waals surface area contributed by atoms with Crippen molar-refractivity contribution in [3.63, 3.8) is 0 Å². The second-order valence-electron chi connectivity index (χ2n) is 7.71. The maximum Gasteiger partial charge on any atom is 0.234 e. The number of hydrogen-bond acceptors (Lipinski definition) is 4. The van der Waals surface area contributed by atoms with Crippen LogP contribution in [0.15, 0.2) is 48.5 Å². The van der Waals surface area contributed by atoms with Crippen molar-refractivity contribution in [2.75, 3.05) is 39.4 Å². The number of hydrogen-bond donors (Lipinski definition) is 1. The summed E-state index contributed by atoms with van der Waals surface area (Å²) in [4.78, 5) is 17.0. The molecular weight excluding hydrogens is 350 g/mol. The zero-order valence-corrected chi connectivity index (χ0v) is 16.4. The maximum atomic E-state index is 12.4. The summed E-state index contributed by atoms with van der Waals surface area (Å²) in [6.07, 6.45) is 1.02. The van der Waals surface area contributed by atoms with Crippen molar-refractivity contribution in [3.05, 3.63) is 70.8 Å². The first kappa shape index (κ1) is 19.1. The molecule has 2 aromatic carbocycles. The average Bonchev–Trinajstić information content (AvgIpc) is 2.74. The quantitative estimate of drug-likeness (QED) is 0.836. The molecule has 0 atom stereocenters. The molecule has 2 aliphatic rings. The largest absolute Gasteiger partial charge is 0.379 e. The van der Waals surface area contributed by atoms with Gasteiger partial charge in [-0.25, -0.2) is 0 Å². The van der Waals surface area contributed by atoms with E-state index < -0.39 is 0 Å². The molecule has 0 spiro atoms. The van der Waals surface area contributed by atoms with Gasteiger partial charge in [0.15, 0.2) is 0 Å². The Balaban J connectivity index is 1.21. The zero-order valence-electron chi connectivity index (χ0n) is 16.4. The molecule has 1 amide bonds. The lowest BCUT2D eigenvalue weighted by Gasteiger charge is -2.28. The minimum atomic E-state index is 0.0942. The van der Waals surface area contributed by atoms with Gasteiger partial charge in [-0.2, -0.15) is 0 Å². The molecule has 2 heterocycles. The van der Waals surface area contributed by atoms with Crippen LogP contribution in [-0.4, -0.2) is 55.1 Å². The predicted molar refractivity (Wildman–Crippen MR) is 110 cm³/mol. The molecule has 1 saturated heterocycles. The Labute approximate surface area is 167 Å². The van der Waals surface area contributed by atoms with Crippen molar-refractivity contribution in [1.82, 2.24) is 15.1 Å². The van der Waals surface area contributed by atoms with Gasteiger partial charge in [0.25, 0.3) is 0 Å². The first-order valence-electron chi connectivity index (χ1n) is 10.2. The summed E-state index contributed by atoms with van der Waals surface area (Å²) in [5.41, 5.74) is 5.21. The highest BCUT2D eigenvalue weighted by atomic mass is 16.5. The topological polar surface area (TPSA) is 44.8 Å². The van der Waals surface area contributed by atoms with Crippen LogP contribution in [0.4, 0.5) is 0 Å². The Kier molecular flexibility index (Phi) is 6.37. The number of nitrogens with zero attached hydrogens (tertiary/aromatic N) is 2. The van der Waals surface area contributed by atoms with Crippen molar-refractivity contribution >= 4 is 5.91 Å². The molecule has 0 aromatic heterocycles. The number of carbonyl (C=O) groups is 1. The third-order valence-electron chi connectivity index (χ3n) is 5.60. The molecule has 0 radical (unpaired) electrons. The van der Waals surface area contributed by atoms with Gasteiger partial charge in [-0.1, -0.05) is 48.5 Å². The lowest BCUT2D eigenvalue weighted by molar-refractivity contribution is -0.122. The number of fused-ring (bicyclic) bond motifs is 1. The molecule has 28 heavy (non-hydrogen) atoms. The first-order chi connectivity index (χ1) is 13.8. The average molecular weight is 380 g/mol. The van der Waals surface area contributed by atoms with Gasteiger partial charge in [-0.15, -0.1) is 0 Å². The van der Waals surface area contributed by atoms with E-state index in [1.54, 1.807) is 0 Å². The summed E-state index contributed by atoms with van der Waals surface area (Å²) in [7, 11) is 0. The third kappa shape index (κ3) is 5.19. The number of nitrogens with one attached hydrogen (secondary N) is 1. The van der Waals surface area contributed by atoms with Crippen LogP contribution in [-0.2, 0) is 35.6 Å². The fraction of sp³-hybridized carbons (Fsp3) is 0.435. The van der Waals surface area contributed by atoms with Crippen LogP contribution >= 0.6 is 0 Å². The van der Waals surface area contributed by atoms with E-state index in [-0.39, 0.29) is 5.91 Å². The third-order valence-corrected chi connectivity index (χ3v) is 5.60. The Morgan fingerprint density at radius 1 is 0.893 bits per heavy atom. The maximum absolute atomic E-state index is 12.4.